The summed E-state index contributed by atoms with van der Waals surface area (Å²) in [6, 6.07) is 7.66. The van der Waals surface area contributed by atoms with Crippen molar-refractivity contribution in [3.8, 4) is 0 Å². The van der Waals surface area contributed by atoms with Gasteiger partial charge < -0.3 is 20.1 Å². The van der Waals surface area contributed by atoms with Crippen LogP contribution in [0.1, 0.15) is 76.8 Å². The quantitative estimate of drug-likeness (QED) is 0.705. The number of amides is 2. The minimum absolute atomic E-state index is 0.00821. The highest BCUT2D eigenvalue weighted by Gasteiger charge is 2.35. The number of aliphatic hydroxyl groups excluding tert-OH is 1. The molecule has 0 aliphatic carbocycles. The van der Waals surface area contributed by atoms with E-state index in [4.69, 9.17) is 4.74 Å². The van der Waals surface area contributed by atoms with E-state index < -0.39 is 5.60 Å². The summed E-state index contributed by atoms with van der Waals surface area (Å²) in [7, 11) is 0. The zero-order chi connectivity index (χ0) is 23.5. The molecule has 2 amide bonds. The normalized spacial score (nSPS) is 19.4. The minimum Gasteiger partial charge on any atom is -0.444 e. The van der Waals surface area contributed by atoms with Crippen LogP contribution < -0.4 is 5.32 Å². The Morgan fingerprint density at radius 1 is 1.25 bits per heavy atom. The van der Waals surface area contributed by atoms with Crippen LogP contribution in [0.25, 0.3) is 10.9 Å². The molecule has 1 aromatic heterocycles. The third kappa shape index (κ3) is 5.59. The van der Waals surface area contributed by atoms with E-state index in [0.29, 0.717) is 25.1 Å². The van der Waals surface area contributed by atoms with Gasteiger partial charge in [-0.3, -0.25) is 9.48 Å². The van der Waals surface area contributed by atoms with Crippen LogP contribution in [0.2, 0.25) is 0 Å². The summed E-state index contributed by atoms with van der Waals surface area (Å²) >= 11 is 0. The Morgan fingerprint density at radius 3 is 2.62 bits per heavy atom. The lowest BCUT2D eigenvalue weighted by atomic mass is 9.95. The minimum atomic E-state index is -0.600. The lowest BCUT2D eigenvalue weighted by molar-refractivity contribution is 0.00400. The maximum Gasteiger partial charge on any atom is 0.410 e. The van der Waals surface area contributed by atoms with E-state index in [9.17, 15) is 14.7 Å². The molecule has 2 aromatic rings. The summed E-state index contributed by atoms with van der Waals surface area (Å²) in [5, 5.41) is 17.7. The Kier molecular flexibility index (Phi) is 7.44. The number of aliphatic hydroxyl groups is 1. The van der Waals surface area contributed by atoms with Crippen molar-refractivity contribution in [2.24, 2.45) is 0 Å². The number of hydrogen-bond donors (Lipinski definition) is 2. The average Bonchev–Trinajstić information content (AvgIpc) is 3.11. The largest absolute Gasteiger partial charge is 0.444 e. The lowest BCUT2D eigenvalue weighted by Crippen LogP contribution is -2.55. The first-order valence-electron chi connectivity index (χ1n) is 11.5. The van der Waals surface area contributed by atoms with Crippen molar-refractivity contribution in [3.05, 3.63) is 30.0 Å². The molecule has 2 heterocycles. The Bertz CT molecular complexity index is 947. The number of carbonyl (C=O) groups excluding carboxylic acids is 2. The Morgan fingerprint density at radius 2 is 1.97 bits per heavy atom. The molecule has 1 aliphatic rings. The molecule has 0 spiro atoms. The number of aromatic nitrogens is 2. The molecular weight excluding hydrogens is 408 g/mol. The van der Waals surface area contributed by atoms with Gasteiger partial charge in [0.2, 0.25) is 0 Å². The van der Waals surface area contributed by atoms with Crippen molar-refractivity contribution >= 4 is 22.9 Å². The lowest BCUT2D eigenvalue weighted by Gasteiger charge is -2.40. The second kappa shape index (κ2) is 9.90. The van der Waals surface area contributed by atoms with Crippen molar-refractivity contribution in [1.29, 1.82) is 0 Å². The highest BCUT2D eigenvalue weighted by Crippen LogP contribution is 2.25. The number of carbonyl (C=O) groups is 2. The zero-order valence-corrected chi connectivity index (χ0v) is 19.8. The maximum atomic E-state index is 13.2. The Labute approximate surface area is 189 Å². The van der Waals surface area contributed by atoms with E-state index in [1.807, 2.05) is 63.6 Å². The SMILES string of the molecule is CC(C)n1nc(C(=O)NC2CCC(CCCO)N(C(=O)OC(C)(C)C)C2)c2ccccc21. The Balaban J connectivity index is 1.77. The predicted molar refractivity (Wildman–Crippen MR) is 124 cm³/mol. The van der Waals surface area contributed by atoms with E-state index in [1.54, 1.807) is 4.90 Å². The van der Waals surface area contributed by atoms with Crippen LogP contribution in [0.3, 0.4) is 0 Å². The van der Waals surface area contributed by atoms with Gasteiger partial charge in [-0.15, -0.1) is 0 Å². The molecule has 1 saturated heterocycles. The van der Waals surface area contributed by atoms with Crippen molar-refractivity contribution < 1.29 is 19.4 Å². The van der Waals surface area contributed by atoms with Gasteiger partial charge in [-0.25, -0.2) is 4.79 Å². The van der Waals surface area contributed by atoms with Gasteiger partial charge >= 0.3 is 6.09 Å². The predicted octanol–water partition coefficient (Wildman–Crippen LogP) is 3.89. The first kappa shape index (κ1) is 24.0. The van der Waals surface area contributed by atoms with Gasteiger partial charge in [0.25, 0.3) is 5.91 Å². The molecule has 2 N–H and O–H groups in total. The van der Waals surface area contributed by atoms with Gasteiger partial charge in [0.05, 0.1) is 5.52 Å². The molecule has 176 valence electrons. The summed E-state index contributed by atoms with van der Waals surface area (Å²) in [5.74, 6) is -0.233. The van der Waals surface area contributed by atoms with E-state index in [1.165, 1.54) is 0 Å². The fraction of sp³-hybridized carbons (Fsp3) is 0.625. The van der Waals surface area contributed by atoms with Crippen molar-refractivity contribution in [2.75, 3.05) is 13.2 Å². The molecule has 1 aliphatic heterocycles. The number of benzene rings is 1. The van der Waals surface area contributed by atoms with E-state index >= 15 is 0 Å². The summed E-state index contributed by atoms with van der Waals surface area (Å²) in [4.78, 5) is 27.7. The van der Waals surface area contributed by atoms with Crippen LogP contribution in [-0.2, 0) is 4.74 Å². The molecule has 8 nitrogen and oxygen atoms in total. The smallest absolute Gasteiger partial charge is 0.410 e. The fourth-order valence-corrected chi connectivity index (χ4v) is 4.22. The van der Waals surface area contributed by atoms with E-state index in [-0.39, 0.29) is 36.7 Å². The summed E-state index contributed by atoms with van der Waals surface area (Å²) < 4.78 is 7.47. The van der Waals surface area contributed by atoms with Crippen molar-refractivity contribution in [3.63, 3.8) is 0 Å². The van der Waals surface area contributed by atoms with Gasteiger partial charge in [-0.1, -0.05) is 18.2 Å². The monoisotopic (exact) mass is 444 g/mol. The fourth-order valence-electron chi connectivity index (χ4n) is 4.22. The zero-order valence-electron chi connectivity index (χ0n) is 19.8. The molecule has 8 heteroatoms. The van der Waals surface area contributed by atoms with Crippen LogP contribution in [0.4, 0.5) is 4.79 Å². The molecule has 2 unspecified atom stereocenters. The first-order valence-corrected chi connectivity index (χ1v) is 11.5. The maximum absolute atomic E-state index is 13.2. The van der Waals surface area contributed by atoms with Crippen LogP contribution in [0.15, 0.2) is 24.3 Å². The number of likely N-dealkylation sites (tertiary alicyclic amines) is 1. The first-order chi connectivity index (χ1) is 15.1. The Hall–Kier alpha value is -2.61. The molecule has 1 fully saturated rings. The van der Waals surface area contributed by atoms with Gasteiger partial charge in [0, 0.05) is 36.7 Å². The number of hydrogen-bond acceptors (Lipinski definition) is 5. The number of fused-ring (bicyclic) bond motifs is 1. The number of nitrogens with zero attached hydrogens (tertiary/aromatic N) is 3. The van der Waals surface area contributed by atoms with Crippen LogP contribution >= 0.6 is 0 Å². The molecule has 0 radical (unpaired) electrons. The molecule has 1 aromatic carbocycles. The molecule has 3 rings (SSSR count). The number of ether oxygens (including phenoxy) is 1. The highest BCUT2D eigenvalue weighted by atomic mass is 16.6. The number of nitrogens with one attached hydrogen (secondary N) is 1. The summed E-state index contributed by atoms with van der Waals surface area (Å²) in [6.45, 7) is 10.1. The topological polar surface area (TPSA) is 96.7 Å². The van der Waals surface area contributed by atoms with Crippen LogP contribution in [0.5, 0.6) is 0 Å². The van der Waals surface area contributed by atoms with Gasteiger partial charge in [-0.05, 0) is 66.4 Å². The van der Waals surface area contributed by atoms with Gasteiger partial charge in [-0.2, -0.15) is 5.10 Å². The molecule has 0 saturated carbocycles. The number of para-hydroxylation sites is 1. The number of rotatable bonds is 6. The van der Waals surface area contributed by atoms with Crippen molar-refractivity contribution in [1.82, 2.24) is 20.0 Å². The third-order valence-electron chi connectivity index (χ3n) is 5.68. The van der Waals surface area contributed by atoms with Gasteiger partial charge in [0.1, 0.15) is 5.60 Å². The summed E-state index contributed by atoms with van der Waals surface area (Å²) in [5.41, 5.74) is 0.730. The summed E-state index contributed by atoms with van der Waals surface area (Å²) in [6.07, 6.45) is 2.45. The standard InChI is InChI=1S/C24H36N4O4/c1-16(2)28-20-11-7-6-10-19(20)21(26-28)22(30)25-17-12-13-18(9-8-14-29)27(15-17)23(31)32-24(3,4)5/h6-7,10-11,16-18,29H,8-9,12-15H2,1-5H3,(H,25,30). The third-order valence-corrected chi connectivity index (χ3v) is 5.68. The average molecular weight is 445 g/mol. The highest BCUT2D eigenvalue weighted by molar-refractivity contribution is 6.05. The van der Waals surface area contributed by atoms with Crippen LogP contribution in [0, 0.1) is 0 Å². The molecule has 2 atom stereocenters. The van der Waals surface area contributed by atoms with E-state index in [0.717, 1.165) is 23.7 Å². The second-order valence-electron chi connectivity index (χ2n) is 9.80. The van der Waals surface area contributed by atoms with Crippen LogP contribution in [-0.4, -0.2) is 62.6 Å². The molecule has 32 heavy (non-hydrogen) atoms. The number of piperidine rings is 1. The second-order valence-corrected chi connectivity index (χ2v) is 9.80. The molecule has 0 bridgehead atoms. The molecular formula is C24H36N4O4. The van der Waals surface area contributed by atoms with E-state index in [2.05, 4.69) is 10.4 Å². The van der Waals surface area contributed by atoms with Crippen molar-refractivity contribution in [2.45, 2.75) is 84.0 Å². The van der Waals surface area contributed by atoms with Gasteiger partial charge in [0.15, 0.2) is 5.69 Å².